The SMILES string of the molecule is C=C(Br)C(=O)Nc1ccc(Nc2cc(S(=O)(=O)O)c(N)c3c2C(=O)c2ccccc2C3=O)c(S(=O)(=O)O)c1.[H-].[Na+]. The summed E-state index contributed by atoms with van der Waals surface area (Å²) < 4.78 is 68.0. The maximum absolute atomic E-state index is 13.4. The number of hydrogen-bond donors (Lipinski definition) is 5. The Bertz CT molecular complexity index is 1830. The van der Waals surface area contributed by atoms with Gasteiger partial charge < -0.3 is 17.8 Å². The predicted octanol–water partition coefficient (Wildman–Crippen LogP) is 0.245. The summed E-state index contributed by atoms with van der Waals surface area (Å²) in [6.07, 6.45) is 0. The van der Waals surface area contributed by atoms with Crippen LogP contribution >= 0.6 is 15.9 Å². The first kappa shape index (κ1) is 30.6. The first-order valence-electron chi connectivity index (χ1n) is 10.3. The van der Waals surface area contributed by atoms with Gasteiger partial charge in [0.1, 0.15) is 9.79 Å². The van der Waals surface area contributed by atoms with E-state index in [9.17, 15) is 40.3 Å². The van der Waals surface area contributed by atoms with Crippen molar-refractivity contribution in [2.45, 2.75) is 9.79 Å². The molecule has 0 aromatic heterocycles. The van der Waals surface area contributed by atoms with Gasteiger partial charge >= 0.3 is 29.6 Å². The number of fused-ring (bicyclic) bond motifs is 2. The van der Waals surface area contributed by atoms with E-state index in [1.807, 2.05) is 0 Å². The molecule has 1 aliphatic carbocycles. The smallest absolute Gasteiger partial charge is 1.00 e. The molecule has 0 bridgehead atoms. The molecule has 0 radical (unpaired) electrons. The number of ketones is 2. The van der Waals surface area contributed by atoms with Crippen LogP contribution in [0.5, 0.6) is 0 Å². The second-order valence-electron chi connectivity index (χ2n) is 7.93. The summed E-state index contributed by atoms with van der Waals surface area (Å²) in [7, 11) is -9.99. The molecule has 16 heteroatoms. The fraction of sp³-hybridized carbons (Fsp3) is 0. The van der Waals surface area contributed by atoms with E-state index < -0.39 is 64.4 Å². The van der Waals surface area contributed by atoms with Gasteiger partial charge in [-0.05, 0) is 40.2 Å². The molecule has 4 rings (SSSR count). The molecule has 39 heavy (non-hydrogen) atoms. The van der Waals surface area contributed by atoms with Crippen LogP contribution in [0.1, 0.15) is 33.3 Å². The van der Waals surface area contributed by atoms with Crippen LogP contribution in [-0.4, -0.2) is 43.4 Å². The van der Waals surface area contributed by atoms with Gasteiger partial charge in [0, 0.05) is 16.8 Å². The van der Waals surface area contributed by atoms with Crippen molar-refractivity contribution in [1.29, 1.82) is 0 Å². The number of benzene rings is 3. The molecule has 1 aliphatic rings. The first-order chi connectivity index (χ1) is 17.6. The van der Waals surface area contributed by atoms with Crippen LogP contribution in [0.15, 0.2) is 69.4 Å². The van der Waals surface area contributed by atoms with Gasteiger partial charge in [0.15, 0.2) is 11.6 Å². The van der Waals surface area contributed by atoms with E-state index >= 15 is 0 Å². The molecule has 6 N–H and O–H groups in total. The molecule has 12 nitrogen and oxygen atoms in total. The zero-order chi connectivity index (χ0) is 28.2. The van der Waals surface area contributed by atoms with Crippen LogP contribution in [0, 0.1) is 0 Å². The fourth-order valence-corrected chi connectivity index (χ4v) is 5.29. The molecule has 0 aliphatic heterocycles. The minimum atomic E-state index is -5.02. The van der Waals surface area contributed by atoms with Crippen molar-refractivity contribution in [1.82, 2.24) is 0 Å². The maximum Gasteiger partial charge on any atom is 1.00 e. The topological polar surface area (TPSA) is 210 Å². The number of carbonyl (C=O) groups excluding carboxylic acids is 3. The van der Waals surface area contributed by atoms with Crippen molar-refractivity contribution in [3.8, 4) is 0 Å². The number of carbonyl (C=O) groups is 3. The summed E-state index contributed by atoms with van der Waals surface area (Å²) in [5, 5.41) is 4.89. The minimum Gasteiger partial charge on any atom is -1.00 e. The van der Waals surface area contributed by atoms with Crippen LogP contribution in [0.25, 0.3) is 0 Å². The number of hydrogen-bond acceptors (Lipinski definition) is 9. The molecule has 0 unspecified atom stereocenters. The summed E-state index contributed by atoms with van der Waals surface area (Å²) in [5.41, 5.74) is 3.45. The van der Waals surface area contributed by atoms with E-state index in [2.05, 4.69) is 33.1 Å². The van der Waals surface area contributed by atoms with E-state index in [1.54, 1.807) is 0 Å². The molecule has 0 saturated carbocycles. The van der Waals surface area contributed by atoms with Crippen molar-refractivity contribution in [2.75, 3.05) is 16.4 Å². The number of nitrogens with two attached hydrogens (primary N) is 1. The molecule has 0 spiro atoms. The Kier molecular flexibility index (Phi) is 8.60. The van der Waals surface area contributed by atoms with Crippen LogP contribution in [0.4, 0.5) is 22.7 Å². The predicted molar refractivity (Wildman–Crippen MR) is 141 cm³/mol. The van der Waals surface area contributed by atoms with Gasteiger partial charge in [-0.2, -0.15) is 16.8 Å². The summed E-state index contributed by atoms with van der Waals surface area (Å²) in [4.78, 5) is 36.9. The van der Waals surface area contributed by atoms with E-state index in [0.717, 1.165) is 18.2 Å². The van der Waals surface area contributed by atoms with E-state index in [-0.39, 0.29) is 63.5 Å². The average Bonchev–Trinajstić information content (AvgIpc) is 2.82. The zero-order valence-electron chi connectivity index (χ0n) is 20.8. The van der Waals surface area contributed by atoms with Gasteiger partial charge in [0.2, 0.25) is 0 Å². The normalized spacial score (nSPS) is 12.6. The molecular weight excluding hydrogens is 629 g/mol. The largest absolute Gasteiger partial charge is 1.00 e. The second kappa shape index (κ2) is 10.9. The summed E-state index contributed by atoms with van der Waals surface area (Å²) >= 11 is 2.87. The van der Waals surface area contributed by atoms with Gasteiger partial charge in [-0.1, -0.05) is 30.8 Å². The number of rotatable bonds is 6. The van der Waals surface area contributed by atoms with Crippen LogP contribution in [0.2, 0.25) is 0 Å². The Labute approximate surface area is 254 Å². The minimum absolute atomic E-state index is 0. The quantitative estimate of drug-likeness (QED) is 0.0830. The molecule has 198 valence electrons. The standard InChI is InChI=1S/C23H16BrN3O9S2.Na.H/c1-10(24)23(30)26-11-6-7-14(16(8-11)37(31,32)33)27-15-9-17(38(34,35)36)20(25)19-18(15)21(28)12-4-2-3-5-13(12)22(19)29;;/h2-9,27H,1,25H2,(H,26,30)(H,31,32,33)(H,34,35,36);;/q;+1;-1. The summed E-state index contributed by atoms with van der Waals surface area (Å²) in [6, 6.07) is 9.70. The third-order valence-electron chi connectivity index (χ3n) is 5.51. The Morgan fingerprint density at radius 3 is 1.92 bits per heavy atom. The van der Waals surface area contributed by atoms with Gasteiger partial charge in [0.05, 0.1) is 32.7 Å². The molecule has 0 saturated heterocycles. The van der Waals surface area contributed by atoms with Crippen molar-refractivity contribution < 1.29 is 71.3 Å². The monoisotopic (exact) mass is 645 g/mol. The first-order valence-corrected chi connectivity index (χ1v) is 13.9. The van der Waals surface area contributed by atoms with Crippen molar-refractivity contribution in [2.24, 2.45) is 0 Å². The van der Waals surface area contributed by atoms with Crippen molar-refractivity contribution in [3.05, 3.63) is 81.8 Å². The fourth-order valence-electron chi connectivity index (χ4n) is 3.87. The molecule has 3 aromatic carbocycles. The Balaban J connectivity index is 0.00000280. The van der Waals surface area contributed by atoms with Gasteiger partial charge in [-0.3, -0.25) is 23.5 Å². The maximum atomic E-state index is 13.4. The Morgan fingerprint density at radius 1 is 0.872 bits per heavy atom. The molecular formula is C23H17BrN3NaO9S2. The van der Waals surface area contributed by atoms with Crippen LogP contribution in [0.3, 0.4) is 0 Å². The molecule has 0 atom stereocenters. The molecule has 0 heterocycles. The Hall–Kier alpha value is -2.89. The summed E-state index contributed by atoms with van der Waals surface area (Å²) in [6.45, 7) is 3.39. The van der Waals surface area contributed by atoms with Gasteiger partial charge in [-0.15, -0.1) is 0 Å². The number of halogens is 1. The molecule has 1 amide bonds. The number of amides is 1. The Morgan fingerprint density at radius 2 is 1.41 bits per heavy atom. The van der Waals surface area contributed by atoms with Crippen LogP contribution < -0.4 is 45.9 Å². The second-order valence-corrected chi connectivity index (χ2v) is 11.7. The van der Waals surface area contributed by atoms with E-state index in [1.165, 1.54) is 30.3 Å². The number of nitrogen functional groups attached to an aromatic ring is 1. The van der Waals surface area contributed by atoms with E-state index in [0.29, 0.717) is 0 Å². The van der Waals surface area contributed by atoms with E-state index in [4.69, 9.17) is 5.73 Å². The zero-order valence-corrected chi connectivity index (χ0v) is 25.1. The molecule has 0 fully saturated rings. The third kappa shape index (κ3) is 5.85. The van der Waals surface area contributed by atoms with Gasteiger partial charge in [0.25, 0.3) is 26.1 Å². The van der Waals surface area contributed by atoms with Crippen LogP contribution in [-0.2, 0) is 25.0 Å². The number of anilines is 4. The van der Waals surface area contributed by atoms with Crippen molar-refractivity contribution >= 4 is 76.4 Å². The summed E-state index contributed by atoms with van der Waals surface area (Å²) in [5.74, 6) is -2.25. The number of nitrogens with one attached hydrogen (secondary N) is 2. The van der Waals surface area contributed by atoms with Crippen molar-refractivity contribution in [3.63, 3.8) is 0 Å². The average molecular weight is 646 g/mol. The molecule has 3 aromatic rings. The van der Waals surface area contributed by atoms with Gasteiger partial charge in [-0.25, -0.2) is 0 Å². The third-order valence-corrected chi connectivity index (χ3v) is 7.66.